The van der Waals surface area contributed by atoms with Crippen LogP contribution < -0.4 is 0 Å². The van der Waals surface area contributed by atoms with E-state index in [2.05, 4.69) is 10.1 Å². The maximum Gasteiger partial charge on any atom is 0 e. The van der Waals surface area contributed by atoms with Crippen molar-refractivity contribution in [3.05, 3.63) is 19.9 Å². The van der Waals surface area contributed by atoms with Crippen LogP contribution in [0.25, 0.3) is 0 Å². The van der Waals surface area contributed by atoms with Crippen molar-refractivity contribution in [2.75, 3.05) is 0 Å². The summed E-state index contributed by atoms with van der Waals surface area (Å²) >= 11 is 0. The van der Waals surface area contributed by atoms with Crippen LogP contribution in [0.15, 0.2) is 0 Å². The summed E-state index contributed by atoms with van der Waals surface area (Å²) in [5.74, 6) is 0. The first-order chi connectivity index (χ1) is 6.83. The number of rotatable bonds is 0. The Hall–Kier alpha value is 1.95. The first kappa shape index (κ1) is 145. The van der Waals surface area contributed by atoms with E-state index in [0.717, 1.165) is 0 Å². The zero-order valence-corrected chi connectivity index (χ0v) is 20.5. The van der Waals surface area contributed by atoms with Crippen LogP contribution in [-0.2, 0) is 47.2 Å². The molecule has 0 saturated heterocycles. The van der Waals surface area contributed by atoms with E-state index < -0.39 is 0 Å². The minimum Gasteiger partial charge on any atom is -0.412 e. The minimum atomic E-state index is 0. The summed E-state index contributed by atoms with van der Waals surface area (Å²) in [6, 6.07) is 0. The third kappa shape index (κ3) is 3030. The molecule has 152 valence electrons. The van der Waals surface area contributed by atoms with Gasteiger partial charge in [0.2, 0.25) is 0 Å². The quantitative estimate of drug-likeness (QED) is 0.108. The van der Waals surface area contributed by atoms with Crippen LogP contribution in [0.1, 0.15) is 16.3 Å². The molecule has 0 rings (SSSR count). The van der Waals surface area contributed by atoms with E-state index in [0.29, 0.717) is 0 Å². The molecule has 0 amide bonds. The van der Waals surface area contributed by atoms with Crippen LogP contribution in [0.3, 0.4) is 0 Å². The summed E-state index contributed by atoms with van der Waals surface area (Å²) in [4.78, 5) is 28.0. The van der Waals surface area contributed by atoms with Crippen LogP contribution in [0.4, 0.5) is 0 Å². The Balaban J connectivity index is -0.00000000213. The summed E-state index contributed by atoms with van der Waals surface area (Å²) in [5, 5.41) is 55.0. The number of hydrogen-bond donors (Lipinski definition) is 8. The Morgan fingerprint density at radius 2 is 0.522 bits per heavy atom. The van der Waals surface area contributed by atoms with Crippen LogP contribution in [0.2, 0.25) is 0 Å². The molecular weight excluding hydrogens is 874 g/mol. The summed E-state index contributed by atoms with van der Waals surface area (Å²) in [6.45, 7) is 0. The van der Waals surface area contributed by atoms with Gasteiger partial charge < -0.3 is 16.4 Å². The van der Waals surface area contributed by atoms with Gasteiger partial charge in [0.25, 0.3) is 0 Å². The normalized spacial score (nSPS) is 2.43. The third-order valence-corrected chi connectivity index (χ3v) is 0. The molecule has 14 N–H and O–H groups in total. The van der Waals surface area contributed by atoms with E-state index in [1.165, 1.54) is 0 Å². The van der Waals surface area contributed by atoms with Crippen molar-refractivity contribution in [3.63, 3.8) is 0 Å². The van der Waals surface area contributed by atoms with E-state index in [-0.39, 0.29) is 132 Å². The van der Waals surface area contributed by atoms with Gasteiger partial charge in [-0.2, -0.15) is 0 Å². The molecule has 0 aromatic heterocycles. The van der Waals surface area contributed by atoms with Gasteiger partial charge in [-0.1, -0.05) is 24.9 Å². The van der Waals surface area contributed by atoms with Gasteiger partial charge in [0.05, 0.1) is 0 Å². The van der Waals surface area contributed by atoms with E-state index in [1.54, 1.807) is 0 Å². The van der Waals surface area contributed by atoms with Crippen LogP contribution >= 0.6 is 0 Å². The van der Waals surface area contributed by atoms with Crippen molar-refractivity contribution in [1.29, 1.82) is 0 Å². The molecule has 0 aliphatic rings. The van der Waals surface area contributed by atoms with Crippen molar-refractivity contribution < 1.29 is 169 Å². The predicted octanol–water partition coefficient (Wildman–Crippen LogP) is -0.894. The molecule has 0 aromatic rings. The Bertz CT molecular complexity index is 46.6. The summed E-state index contributed by atoms with van der Waals surface area (Å²) in [6.07, 6.45) is 0. The average molecular weight is 898 g/mol. The summed E-state index contributed by atoms with van der Waals surface area (Å²) in [5.41, 5.74) is 0. The van der Waals surface area contributed by atoms with Crippen LogP contribution in [0.5, 0.6) is 0 Å². The molecule has 0 unspecified atom stereocenters. The predicted molar refractivity (Wildman–Crippen MR) is 63.1 cm³/mol. The van der Waals surface area contributed by atoms with Gasteiger partial charge >= 0.3 is 0 Å². The Morgan fingerprint density at radius 3 is 0.522 bits per heavy atom. The standard InChI is InChI=1S/2CH4.2H2O3.2H2O2.2O2.3H2O.2U.2V.H2/c;;2*1-3-2;4*1-2;;;;;;;;/h2*1H4;2*1-2H;2*1-2H;;;3*1H2;;;;;1H. The molecule has 0 aromatic carbocycles. The molecule has 0 heterocycles. The van der Waals surface area contributed by atoms with Crippen LogP contribution in [-0.4, -0.2) is 58.5 Å². The largest absolute Gasteiger partial charge is 0.412 e. The molecule has 0 spiro atoms. The fourth-order valence-corrected chi connectivity index (χ4v) is 0. The molecule has 23 heavy (non-hydrogen) atoms. The van der Waals surface area contributed by atoms with Crippen molar-refractivity contribution in [2.45, 2.75) is 14.9 Å². The van der Waals surface area contributed by atoms with Crippen molar-refractivity contribution in [3.8, 4) is 0 Å². The molecule has 0 aliphatic carbocycles. The SMILES string of the molecule is C.C.O.O.O.O=O.O=O.OO.OO.OOO.OOO.[HH].[U].[U].[V].[V]. The van der Waals surface area contributed by atoms with Crippen molar-refractivity contribution in [2.24, 2.45) is 0 Å². The maximum absolute atomic E-state index is 7.00. The fourth-order valence-electron chi connectivity index (χ4n) is 0. The molecule has 0 saturated carbocycles. The second-order valence-electron chi connectivity index (χ2n) is 0.163. The Morgan fingerprint density at radius 1 is 0.522 bits per heavy atom. The summed E-state index contributed by atoms with van der Waals surface area (Å²) in [7, 11) is 0. The first-order valence-electron chi connectivity index (χ1n) is 1.46. The van der Waals surface area contributed by atoms with Crippen LogP contribution in [0, 0.1) is 82.1 Å². The third-order valence-electron chi connectivity index (χ3n) is 0. The molecule has 0 atom stereocenters. The maximum atomic E-state index is 7.00. The van der Waals surface area contributed by atoms with Gasteiger partial charge in [0.1, 0.15) is 0 Å². The summed E-state index contributed by atoms with van der Waals surface area (Å²) < 4.78 is 0. The van der Waals surface area contributed by atoms with E-state index >= 15 is 0 Å². The molecule has 21 heteroatoms. The second kappa shape index (κ2) is 808. The van der Waals surface area contributed by atoms with Gasteiger partial charge in [-0.05, 0) is 0 Å². The molecule has 0 aliphatic heterocycles. The van der Waals surface area contributed by atoms with Gasteiger partial charge in [-0.25, -0.2) is 21.0 Å². The van der Waals surface area contributed by atoms with Crippen molar-refractivity contribution in [1.82, 2.24) is 0 Å². The van der Waals surface area contributed by atoms with Gasteiger partial charge in [0, 0.05) is 121 Å². The molecule has 2 radical (unpaired) electrons. The topological polar surface area (TPSA) is 343 Å². The minimum absolute atomic E-state index is 0. The van der Waals surface area contributed by atoms with E-state index in [9.17, 15) is 0 Å². The van der Waals surface area contributed by atoms with Gasteiger partial charge in [-0.3, -0.25) is 21.0 Å². The number of hydrogen-bond acceptors (Lipinski definition) is 14. The van der Waals surface area contributed by atoms with Gasteiger partial charge in [-0.15, -0.1) is 0 Å². The zero-order chi connectivity index (χ0) is 13.4. The monoisotopic (exact) mass is 898 g/mol. The average Bonchev–Trinajstić information content (AvgIpc) is 2.31. The van der Waals surface area contributed by atoms with Crippen molar-refractivity contribution >= 4 is 0 Å². The molecule has 0 bridgehead atoms. The van der Waals surface area contributed by atoms with E-state index in [1.807, 2.05) is 0 Å². The molecule has 0 fully saturated rings. The smallest absolute Gasteiger partial charge is 0 e. The second-order valence-corrected chi connectivity index (χ2v) is 0.163. The first-order valence-corrected chi connectivity index (χ1v) is 1.46. The Labute approximate surface area is 202 Å². The fraction of sp³-hybridized carbons (Fsp3) is 1.00. The van der Waals surface area contributed by atoms with E-state index in [4.69, 9.17) is 61.9 Å². The Kier molecular flexibility index (Phi) is 5080. The molecular formula is C2H24O17U2V2. The zero-order valence-electron chi connectivity index (χ0n) is 9.42. The molecule has 17 nitrogen and oxygen atoms in total. The van der Waals surface area contributed by atoms with Gasteiger partial charge in [0.15, 0.2) is 0 Å².